The van der Waals surface area contributed by atoms with Crippen molar-refractivity contribution in [1.82, 2.24) is 9.78 Å². The number of rotatable bonds is 3. The zero-order valence-corrected chi connectivity index (χ0v) is 11.4. The summed E-state index contributed by atoms with van der Waals surface area (Å²) in [6.07, 6.45) is 1.50. The molecule has 0 aliphatic carbocycles. The fourth-order valence-electron chi connectivity index (χ4n) is 1.15. The molecule has 2 N–H and O–H groups in total. The minimum absolute atomic E-state index is 0.0663. The van der Waals surface area contributed by atoms with Crippen LogP contribution in [0.1, 0.15) is 31.3 Å². The average molecular weight is 304 g/mol. The highest BCUT2D eigenvalue weighted by Gasteiger charge is 2.18. The van der Waals surface area contributed by atoms with Crippen molar-refractivity contribution in [2.45, 2.75) is 32.9 Å². The molecular formula is C10H14BrN3O3. The predicted octanol–water partition coefficient (Wildman–Crippen LogP) is 1.09. The molecule has 0 aromatic carbocycles. The molecule has 0 spiro atoms. The zero-order chi connectivity index (χ0) is 13.2. The fraction of sp³-hybridized carbons (Fsp3) is 0.500. The van der Waals surface area contributed by atoms with Gasteiger partial charge in [-0.15, -0.1) is 0 Å². The highest BCUT2D eigenvalue weighted by atomic mass is 79.9. The number of aromatic nitrogens is 2. The number of primary amides is 1. The third-order valence-corrected chi connectivity index (χ3v) is 2.24. The van der Waals surface area contributed by atoms with Gasteiger partial charge in [-0.3, -0.25) is 14.3 Å². The molecule has 0 fully saturated rings. The van der Waals surface area contributed by atoms with Crippen LogP contribution in [-0.2, 0) is 16.1 Å². The Bertz CT molecular complexity index is 448. The summed E-state index contributed by atoms with van der Waals surface area (Å²) in [4.78, 5) is 22.5. The van der Waals surface area contributed by atoms with Crippen LogP contribution in [0.3, 0.4) is 0 Å². The lowest BCUT2D eigenvalue weighted by Crippen LogP contribution is -2.26. The molecule has 0 bridgehead atoms. The summed E-state index contributed by atoms with van der Waals surface area (Å²) in [5.74, 6) is -1.08. The average Bonchev–Trinajstić information content (AvgIpc) is 2.42. The highest BCUT2D eigenvalue weighted by molar-refractivity contribution is 9.10. The summed E-state index contributed by atoms with van der Waals surface area (Å²) in [7, 11) is 0. The van der Waals surface area contributed by atoms with Gasteiger partial charge in [-0.2, -0.15) is 5.10 Å². The summed E-state index contributed by atoms with van der Waals surface area (Å²) < 4.78 is 6.88. The standard InChI is InChI=1S/C10H14BrN3O3/c1-10(2,3)17-7(15)5-14-4-6(11)8(13-14)9(12)16/h4H,5H2,1-3H3,(H2,12,16). The number of halogens is 1. The summed E-state index contributed by atoms with van der Waals surface area (Å²) in [5, 5.41) is 3.87. The normalized spacial score (nSPS) is 11.3. The topological polar surface area (TPSA) is 87.2 Å². The summed E-state index contributed by atoms with van der Waals surface area (Å²) in [6, 6.07) is 0. The molecule has 1 amide bonds. The molecule has 0 aliphatic heterocycles. The highest BCUT2D eigenvalue weighted by Crippen LogP contribution is 2.14. The van der Waals surface area contributed by atoms with Gasteiger partial charge in [-0.25, -0.2) is 0 Å². The molecule has 1 aromatic heterocycles. The van der Waals surface area contributed by atoms with Crippen molar-refractivity contribution in [3.63, 3.8) is 0 Å². The van der Waals surface area contributed by atoms with Crippen LogP contribution in [-0.4, -0.2) is 27.3 Å². The molecular weight excluding hydrogens is 290 g/mol. The first kappa shape index (κ1) is 13.7. The zero-order valence-electron chi connectivity index (χ0n) is 9.86. The van der Waals surface area contributed by atoms with E-state index in [1.165, 1.54) is 10.9 Å². The van der Waals surface area contributed by atoms with Gasteiger partial charge in [0, 0.05) is 6.20 Å². The molecule has 0 saturated carbocycles. The first-order valence-electron chi connectivity index (χ1n) is 4.93. The first-order valence-corrected chi connectivity index (χ1v) is 5.73. The second-order valence-electron chi connectivity index (χ2n) is 4.47. The van der Waals surface area contributed by atoms with E-state index in [9.17, 15) is 9.59 Å². The van der Waals surface area contributed by atoms with Crippen molar-refractivity contribution < 1.29 is 14.3 Å². The van der Waals surface area contributed by atoms with Crippen molar-refractivity contribution in [1.29, 1.82) is 0 Å². The number of amides is 1. The second kappa shape index (κ2) is 4.87. The second-order valence-corrected chi connectivity index (χ2v) is 5.33. The van der Waals surface area contributed by atoms with Crippen LogP contribution in [0.15, 0.2) is 10.7 Å². The van der Waals surface area contributed by atoms with Gasteiger partial charge in [-0.05, 0) is 36.7 Å². The maximum Gasteiger partial charge on any atom is 0.328 e. The van der Waals surface area contributed by atoms with Crippen LogP contribution < -0.4 is 5.73 Å². The first-order chi connectivity index (χ1) is 7.69. The van der Waals surface area contributed by atoms with Crippen LogP contribution in [0.25, 0.3) is 0 Å². The smallest absolute Gasteiger partial charge is 0.328 e. The Balaban J connectivity index is 2.73. The minimum atomic E-state index is -0.653. The number of hydrogen-bond acceptors (Lipinski definition) is 4. The monoisotopic (exact) mass is 303 g/mol. The third-order valence-electron chi connectivity index (χ3n) is 1.66. The molecule has 94 valence electrons. The minimum Gasteiger partial charge on any atom is -0.459 e. The van der Waals surface area contributed by atoms with Gasteiger partial charge in [0.1, 0.15) is 12.1 Å². The van der Waals surface area contributed by atoms with Crippen molar-refractivity contribution >= 4 is 27.8 Å². The number of ether oxygens (including phenoxy) is 1. The predicted molar refractivity (Wildman–Crippen MR) is 64.3 cm³/mol. The molecule has 0 atom stereocenters. The molecule has 7 heteroatoms. The number of carbonyl (C=O) groups is 2. The van der Waals surface area contributed by atoms with Crippen molar-refractivity contribution in [3.05, 3.63) is 16.4 Å². The molecule has 1 rings (SSSR count). The molecule has 6 nitrogen and oxygen atoms in total. The maximum absolute atomic E-state index is 11.5. The van der Waals surface area contributed by atoms with Crippen LogP contribution in [0.4, 0.5) is 0 Å². The van der Waals surface area contributed by atoms with E-state index in [0.29, 0.717) is 4.47 Å². The quantitative estimate of drug-likeness (QED) is 0.847. The molecule has 0 saturated heterocycles. The van der Waals surface area contributed by atoms with Crippen molar-refractivity contribution in [2.24, 2.45) is 5.73 Å². The Morgan fingerprint density at radius 2 is 2.12 bits per heavy atom. The molecule has 1 aromatic rings. The SMILES string of the molecule is CC(C)(C)OC(=O)Cn1cc(Br)c(C(N)=O)n1. The Morgan fingerprint density at radius 1 is 1.53 bits per heavy atom. The summed E-state index contributed by atoms with van der Waals surface area (Å²) >= 11 is 3.13. The van der Waals surface area contributed by atoms with E-state index in [2.05, 4.69) is 21.0 Å². The Labute approximate surface area is 107 Å². The van der Waals surface area contributed by atoms with E-state index in [4.69, 9.17) is 10.5 Å². The lowest BCUT2D eigenvalue weighted by atomic mass is 10.2. The lowest BCUT2D eigenvalue weighted by Gasteiger charge is -2.19. The van der Waals surface area contributed by atoms with Gasteiger partial charge in [0.15, 0.2) is 5.69 Å². The Hall–Kier alpha value is -1.37. The number of hydrogen-bond donors (Lipinski definition) is 1. The van der Waals surface area contributed by atoms with Crippen molar-refractivity contribution in [2.75, 3.05) is 0 Å². The molecule has 1 heterocycles. The van der Waals surface area contributed by atoms with Gasteiger partial charge in [0.25, 0.3) is 5.91 Å². The van der Waals surface area contributed by atoms with E-state index in [-0.39, 0.29) is 12.2 Å². The van der Waals surface area contributed by atoms with Crippen LogP contribution >= 0.6 is 15.9 Å². The summed E-state index contributed by atoms with van der Waals surface area (Å²) in [5.41, 5.74) is 4.64. The molecule has 0 radical (unpaired) electrons. The largest absolute Gasteiger partial charge is 0.459 e. The van der Waals surface area contributed by atoms with Crippen LogP contribution in [0, 0.1) is 0 Å². The van der Waals surface area contributed by atoms with E-state index in [1.807, 2.05) is 0 Å². The van der Waals surface area contributed by atoms with Gasteiger partial charge >= 0.3 is 5.97 Å². The van der Waals surface area contributed by atoms with Gasteiger partial charge in [0.2, 0.25) is 0 Å². The van der Waals surface area contributed by atoms with E-state index in [1.54, 1.807) is 20.8 Å². The Kier molecular flexibility index (Phi) is 3.92. The summed E-state index contributed by atoms with van der Waals surface area (Å²) in [6.45, 7) is 5.26. The molecule has 0 aliphatic rings. The van der Waals surface area contributed by atoms with Gasteiger partial charge in [0.05, 0.1) is 4.47 Å². The molecule has 0 unspecified atom stereocenters. The molecule has 17 heavy (non-hydrogen) atoms. The Morgan fingerprint density at radius 3 is 2.53 bits per heavy atom. The third kappa shape index (κ3) is 4.18. The van der Waals surface area contributed by atoms with E-state index >= 15 is 0 Å². The number of nitrogens with zero attached hydrogens (tertiary/aromatic N) is 2. The number of carbonyl (C=O) groups excluding carboxylic acids is 2. The fourth-order valence-corrected chi connectivity index (χ4v) is 1.66. The lowest BCUT2D eigenvalue weighted by molar-refractivity contribution is -0.155. The van der Waals surface area contributed by atoms with Gasteiger partial charge < -0.3 is 10.5 Å². The van der Waals surface area contributed by atoms with Crippen molar-refractivity contribution in [3.8, 4) is 0 Å². The van der Waals surface area contributed by atoms with Gasteiger partial charge in [-0.1, -0.05) is 0 Å². The van der Waals surface area contributed by atoms with Crippen LogP contribution in [0.2, 0.25) is 0 Å². The maximum atomic E-state index is 11.5. The number of esters is 1. The van der Waals surface area contributed by atoms with E-state index < -0.39 is 17.5 Å². The number of nitrogens with two attached hydrogens (primary N) is 1. The van der Waals surface area contributed by atoms with E-state index in [0.717, 1.165) is 0 Å². The van der Waals surface area contributed by atoms with Crippen LogP contribution in [0.5, 0.6) is 0 Å².